The Morgan fingerprint density at radius 2 is 1.86 bits per heavy atom. The molecule has 0 aromatic rings. The second kappa shape index (κ2) is 8.42. The standard InChI is InChI=1S/C12H21N3O6/c1-8(10(17)15-3-6-21-7-4-15)13-12(20)14-9(2-5-16)11(18)19/h8-9,16H,2-7H2,1H3,(H,18,19)(H2,13,14,20). The van der Waals surface area contributed by atoms with Gasteiger partial charge >= 0.3 is 12.0 Å². The van der Waals surface area contributed by atoms with Crippen molar-refractivity contribution in [2.75, 3.05) is 32.9 Å². The zero-order valence-corrected chi connectivity index (χ0v) is 11.9. The maximum atomic E-state index is 12.1. The van der Waals surface area contributed by atoms with Gasteiger partial charge in [-0.3, -0.25) is 4.79 Å². The van der Waals surface area contributed by atoms with E-state index in [1.165, 1.54) is 6.92 Å². The van der Waals surface area contributed by atoms with Crippen LogP contribution < -0.4 is 10.6 Å². The van der Waals surface area contributed by atoms with Gasteiger partial charge in [0.2, 0.25) is 5.91 Å². The number of amides is 3. The molecule has 9 heteroatoms. The van der Waals surface area contributed by atoms with Gasteiger partial charge < -0.3 is 30.5 Å². The lowest BCUT2D eigenvalue weighted by Crippen LogP contribution is -2.54. The molecule has 0 saturated carbocycles. The molecule has 1 rings (SSSR count). The molecule has 1 heterocycles. The Labute approximate surface area is 122 Å². The van der Waals surface area contributed by atoms with Crippen LogP contribution in [0.25, 0.3) is 0 Å². The van der Waals surface area contributed by atoms with Gasteiger partial charge in [-0.2, -0.15) is 0 Å². The van der Waals surface area contributed by atoms with Crippen LogP contribution >= 0.6 is 0 Å². The number of aliphatic hydroxyl groups excluding tert-OH is 1. The summed E-state index contributed by atoms with van der Waals surface area (Å²) in [6, 6.07) is -2.72. The Morgan fingerprint density at radius 3 is 2.38 bits per heavy atom. The van der Waals surface area contributed by atoms with E-state index in [0.29, 0.717) is 26.3 Å². The highest BCUT2D eigenvalue weighted by Gasteiger charge is 2.25. The average molecular weight is 303 g/mol. The fourth-order valence-electron chi connectivity index (χ4n) is 1.90. The van der Waals surface area contributed by atoms with Crippen LogP contribution in [0.1, 0.15) is 13.3 Å². The summed E-state index contributed by atoms with van der Waals surface area (Å²) >= 11 is 0. The number of morpholine rings is 1. The monoisotopic (exact) mass is 303 g/mol. The summed E-state index contributed by atoms with van der Waals surface area (Å²) in [6.07, 6.45) is -0.103. The molecule has 1 aliphatic heterocycles. The lowest BCUT2D eigenvalue weighted by atomic mass is 10.2. The SMILES string of the molecule is CC(NC(=O)NC(CCO)C(=O)O)C(=O)N1CCOCC1. The molecule has 0 bridgehead atoms. The lowest BCUT2D eigenvalue weighted by Gasteiger charge is -2.29. The van der Waals surface area contributed by atoms with Crippen LogP contribution in [0.15, 0.2) is 0 Å². The number of nitrogens with zero attached hydrogens (tertiary/aromatic N) is 1. The van der Waals surface area contributed by atoms with Crippen molar-refractivity contribution in [3.63, 3.8) is 0 Å². The second-order valence-electron chi connectivity index (χ2n) is 4.68. The summed E-state index contributed by atoms with van der Waals surface area (Å²) in [4.78, 5) is 36.1. The Morgan fingerprint density at radius 1 is 1.24 bits per heavy atom. The van der Waals surface area contributed by atoms with Crippen molar-refractivity contribution in [1.29, 1.82) is 0 Å². The largest absolute Gasteiger partial charge is 0.480 e. The zero-order valence-electron chi connectivity index (χ0n) is 11.9. The van der Waals surface area contributed by atoms with E-state index in [4.69, 9.17) is 14.9 Å². The van der Waals surface area contributed by atoms with Crippen LogP contribution in [0.2, 0.25) is 0 Å². The predicted octanol–water partition coefficient (Wildman–Crippen LogP) is -1.63. The molecule has 9 nitrogen and oxygen atoms in total. The molecule has 0 spiro atoms. The minimum atomic E-state index is -1.24. The summed E-state index contributed by atoms with van der Waals surface area (Å²) in [7, 11) is 0. The van der Waals surface area contributed by atoms with Gasteiger partial charge in [0.25, 0.3) is 0 Å². The number of ether oxygens (including phenoxy) is 1. The summed E-state index contributed by atoms with van der Waals surface area (Å²) in [5.41, 5.74) is 0. The average Bonchev–Trinajstić information content (AvgIpc) is 2.46. The smallest absolute Gasteiger partial charge is 0.326 e. The van der Waals surface area contributed by atoms with E-state index in [1.54, 1.807) is 4.90 Å². The van der Waals surface area contributed by atoms with E-state index < -0.39 is 24.1 Å². The number of urea groups is 1. The Bertz CT molecular complexity index is 383. The molecule has 0 aliphatic carbocycles. The van der Waals surface area contributed by atoms with E-state index in [-0.39, 0.29) is 18.9 Å². The maximum absolute atomic E-state index is 12.1. The van der Waals surface area contributed by atoms with Crippen molar-refractivity contribution >= 4 is 17.9 Å². The Kier molecular flexibility index (Phi) is 6.89. The van der Waals surface area contributed by atoms with Gasteiger partial charge in [-0.05, 0) is 6.92 Å². The van der Waals surface area contributed by atoms with Gasteiger partial charge in [0.05, 0.1) is 13.2 Å². The predicted molar refractivity (Wildman–Crippen MR) is 71.7 cm³/mol. The molecule has 2 unspecified atom stereocenters. The van der Waals surface area contributed by atoms with Gasteiger partial charge in [0, 0.05) is 26.1 Å². The molecule has 1 aliphatic rings. The molecule has 2 atom stereocenters. The van der Waals surface area contributed by atoms with E-state index in [0.717, 1.165) is 0 Å². The number of hydrogen-bond acceptors (Lipinski definition) is 5. The number of carbonyl (C=O) groups is 3. The van der Waals surface area contributed by atoms with Crippen molar-refractivity contribution in [1.82, 2.24) is 15.5 Å². The number of aliphatic carboxylic acids is 1. The van der Waals surface area contributed by atoms with Gasteiger partial charge in [-0.1, -0.05) is 0 Å². The number of carbonyl (C=O) groups excluding carboxylic acids is 2. The number of rotatable bonds is 6. The first-order valence-electron chi connectivity index (χ1n) is 6.73. The van der Waals surface area contributed by atoms with Crippen LogP contribution in [0.5, 0.6) is 0 Å². The lowest BCUT2D eigenvalue weighted by molar-refractivity contribution is -0.139. The number of nitrogens with one attached hydrogen (secondary N) is 2. The number of carboxylic acids is 1. The first-order chi connectivity index (χ1) is 9.95. The fraction of sp³-hybridized carbons (Fsp3) is 0.750. The van der Waals surface area contributed by atoms with E-state index in [1.807, 2.05) is 0 Å². The van der Waals surface area contributed by atoms with Gasteiger partial charge in [-0.25, -0.2) is 9.59 Å². The Balaban J connectivity index is 2.45. The third-order valence-corrected chi connectivity index (χ3v) is 3.06. The van der Waals surface area contributed by atoms with E-state index >= 15 is 0 Å². The summed E-state index contributed by atoms with van der Waals surface area (Å²) in [6.45, 7) is 3.02. The van der Waals surface area contributed by atoms with Crippen molar-refractivity contribution in [3.8, 4) is 0 Å². The fourth-order valence-corrected chi connectivity index (χ4v) is 1.90. The minimum Gasteiger partial charge on any atom is -0.480 e. The molecule has 1 saturated heterocycles. The molecule has 21 heavy (non-hydrogen) atoms. The van der Waals surface area contributed by atoms with Crippen molar-refractivity contribution in [2.24, 2.45) is 0 Å². The van der Waals surface area contributed by atoms with Crippen molar-refractivity contribution in [2.45, 2.75) is 25.4 Å². The minimum absolute atomic E-state index is 0.103. The van der Waals surface area contributed by atoms with Gasteiger partial charge in [0.15, 0.2) is 0 Å². The van der Waals surface area contributed by atoms with Gasteiger partial charge in [0.1, 0.15) is 12.1 Å². The van der Waals surface area contributed by atoms with Crippen LogP contribution in [0.4, 0.5) is 4.79 Å². The molecule has 120 valence electrons. The molecular weight excluding hydrogens is 282 g/mol. The van der Waals surface area contributed by atoms with Crippen LogP contribution in [0, 0.1) is 0 Å². The maximum Gasteiger partial charge on any atom is 0.326 e. The van der Waals surface area contributed by atoms with Crippen LogP contribution in [-0.4, -0.2) is 78.0 Å². The van der Waals surface area contributed by atoms with Crippen LogP contribution in [-0.2, 0) is 14.3 Å². The molecular formula is C12H21N3O6. The second-order valence-corrected chi connectivity index (χ2v) is 4.68. The quantitative estimate of drug-likeness (QED) is 0.466. The molecule has 0 radical (unpaired) electrons. The molecule has 1 fully saturated rings. The summed E-state index contributed by atoms with van der Waals surface area (Å²) < 4.78 is 5.13. The Hall–Kier alpha value is -1.87. The summed E-state index contributed by atoms with van der Waals surface area (Å²) in [5, 5.41) is 22.2. The number of hydrogen-bond donors (Lipinski definition) is 4. The van der Waals surface area contributed by atoms with Crippen LogP contribution in [0.3, 0.4) is 0 Å². The van der Waals surface area contributed by atoms with E-state index in [2.05, 4.69) is 10.6 Å². The highest BCUT2D eigenvalue weighted by atomic mass is 16.5. The molecule has 4 N–H and O–H groups in total. The summed E-state index contributed by atoms with van der Waals surface area (Å²) in [5.74, 6) is -1.49. The van der Waals surface area contributed by atoms with E-state index in [9.17, 15) is 14.4 Å². The first kappa shape index (κ1) is 17.2. The third kappa shape index (κ3) is 5.56. The normalized spacial score (nSPS) is 17.7. The van der Waals surface area contributed by atoms with Crippen molar-refractivity contribution in [3.05, 3.63) is 0 Å². The number of aliphatic hydroxyl groups is 1. The molecule has 3 amide bonds. The van der Waals surface area contributed by atoms with Crippen molar-refractivity contribution < 1.29 is 29.3 Å². The zero-order chi connectivity index (χ0) is 15.8. The highest BCUT2D eigenvalue weighted by molar-refractivity contribution is 5.88. The topological polar surface area (TPSA) is 128 Å². The van der Waals surface area contributed by atoms with Gasteiger partial charge in [-0.15, -0.1) is 0 Å². The highest BCUT2D eigenvalue weighted by Crippen LogP contribution is 2.01. The molecule has 0 aromatic carbocycles. The molecule has 0 aromatic heterocycles. The number of carboxylic acid groups (broad SMARTS) is 1. The third-order valence-electron chi connectivity index (χ3n) is 3.06. The first-order valence-corrected chi connectivity index (χ1v) is 6.73.